The maximum absolute atomic E-state index is 16.0. The molecule has 0 N–H and O–H groups in total. The van der Waals surface area contributed by atoms with Crippen LogP contribution in [0.2, 0.25) is 10.0 Å². The highest BCUT2D eigenvalue weighted by Crippen LogP contribution is 2.30. The Labute approximate surface area is 253 Å². The molecule has 2 aliphatic rings. The molecular formula is C32H40Cl2FN5O. The molecule has 4 heterocycles. The van der Waals surface area contributed by atoms with Gasteiger partial charge in [0.2, 0.25) is 0 Å². The van der Waals surface area contributed by atoms with Crippen molar-refractivity contribution in [2.75, 3.05) is 51.2 Å². The van der Waals surface area contributed by atoms with Gasteiger partial charge >= 0.3 is 0 Å². The summed E-state index contributed by atoms with van der Waals surface area (Å²) in [5, 5.41) is 1.01. The fourth-order valence-corrected chi connectivity index (χ4v) is 5.94. The molecule has 0 aliphatic carbocycles. The number of benzene rings is 1. The van der Waals surface area contributed by atoms with E-state index in [0.29, 0.717) is 52.3 Å². The van der Waals surface area contributed by atoms with Crippen molar-refractivity contribution < 1.29 is 9.18 Å². The minimum absolute atomic E-state index is 0.287. The molecule has 9 heteroatoms. The normalized spacial score (nSPS) is 16.8. The van der Waals surface area contributed by atoms with Gasteiger partial charge in [-0.3, -0.25) is 4.90 Å². The number of likely N-dealkylation sites (N-methyl/N-ethyl adjacent to an activating group) is 1. The van der Waals surface area contributed by atoms with Crippen molar-refractivity contribution in [2.45, 2.75) is 46.1 Å². The van der Waals surface area contributed by atoms with Crippen LogP contribution in [-0.2, 0) is 17.8 Å². The fourth-order valence-electron chi connectivity index (χ4n) is 5.42. The lowest BCUT2D eigenvalue weighted by Crippen LogP contribution is -2.44. The number of anilines is 1. The number of hydrogen-bond acceptors (Lipinski definition) is 6. The van der Waals surface area contributed by atoms with Gasteiger partial charge in [0.15, 0.2) is 0 Å². The molecule has 0 unspecified atom stereocenters. The lowest BCUT2D eigenvalue weighted by molar-refractivity contribution is -0.108. The highest BCUT2D eigenvalue weighted by atomic mass is 35.5. The lowest BCUT2D eigenvalue weighted by Gasteiger charge is -2.33. The van der Waals surface area contributed by atoms with Crippen molar-refractivity contribution in [1.29, 1.82) is 0 Å². The van der Waals surface area contributed by atoms with E-state index in [4.69, 9.17) is 28.2 Å². The zero-order valence-corrected chi connectivity index (χ0v) is 25.8. The van der Waals surface area contributed by atoms with Crippen LogP contribution < -0.4 is 4.90 Å². The first-order valence-electron chi connectivity index (χ1n) is 14.6. The second-order valence-corrected chi connectivity index (χ2v) is 11.6. The molecule has 6 nitrogen and oxygen atoms in total. The number of carbonyl (C=O) groups excluding carboxylic acids is 1. The maximum Gasteiger partial charge on any atom is 0.149 e. The molecule has 220 valence electrons. The van der Waals surface area contributed by atoms with Gasteiger partial charge in [0.05, 0.1) is 11.4 Å². The number of hydrogen-bond donors (Lipinski definition) is 0. The summed E-state index contributed by atoms with van der Waals surface area (Å²) in [6.45, 7) is 10.1. The van der Waals surface area contributed by atoms with Crippen molar-refractivity contribution in [1.82, 2.24) is 19.8 Å². The number of aromatic nitrogens is 2. The van der Waals surface area contributed by atoms with Crippen LogP contribution in [0.25, 0.3) is 11.3 Å². The Bertz CT molecular complexity index is 1270. The average Bonchev–Trinajstić information content (AvgIpc) is 2.97. The number of likely N-dealkylation sites (tertiary alicyclic amines) is 1. The molecule has 2 aliphatic heterocycles. The summed E-state index contributed by atoms with van der Waals surface area (Å²) in [7, 11) is 2.13. The van der Waals surface area contributed by atoms with E-state index in [1.54, 1.807) is 18.2 Å². The SMILES string of the molecule is CC.CN1CCN(c2ccc(Cc3nc(-c4cc(Cl)cc(Cl)c4)cc(CN4CCC(CC=O)CC4)c3F)cn2)CC1. The monoisotopic (exact) mass is 599 g/mol. The van der Waals surface area contributed by atoms with Gasteiger partial charge in [0.1, 0.15) is 17.9 Å². The fraction of sp³-hybridized carbons (Fsp3) is 0.469. The van der Waals surface area contributed by atoms with E-state index in [2.05, 4.69) is 26.7 Å². The van der Waals surface area contributed by atoms with E-state index in [9.17, 15) is 4.79 Å². The summed E-state index contributed by atoms with van der Waals surface area (Å²) in [6, 6.07) is 11.1. The molecule has 1 aromatic carbocycles. The third-order valence-electron chi connectivity index (χ3n) is 7.80. The van der Waals surface area contributed by atoms with Gasteiger partial charge < -0.3 is 14.6 Å². The summed E-state index contributed by atoms with van der Waals surface area (Å²) in [4.78, 5) is 27.2. The van der Waals surface area contributed by atoms with Gasteiger partial charge in [-0.1, -0.05) is 43.1 Å². The molecule has 0 radical (unpaired) electrons. The summed E-state index contributed by atoms with van der Waals surface area (Å²) in [5.74, 6) is 1.08. The molecular weight excluding hydrogens is 560 g/mol. The van der Waals surface area contributed by atoms with E-state index in [1.165, 1.54) is 0 Å². The summed E-state index contributed by atoms with van der Waals surface area (Å²) < 4.78 is 16.0. The first-order chi connectivity index (χ1) is 19.9. The molecule has 2 aromatic heterocycles. The molecule has 0 bridgehead atoms. The van der Waals surface area contributed by atoms with Crippen LogP contribution in [-0.4, -0.2) is 72.4 Å². The average molecular weight is 601 g/mol. The lowest BCUT2D eigenvalue weighted by atomic mass is 9.94. The van der Waals surface area contributed by atoms with Crippen molar-refractivity contribution >= 4 is 35.3 Å². The van der Waals surface area contributed by atoms with Gasteiger partial charge in [-0.25, -0.2) is 14.4 Å². The zero-order valence-electron chi connectivity index (χ0n) is 24.3. The molecule has 0 atom stereocenters. The van der Waals surface area contributed by atoms with Crippen molar-refractivity contribution in [3.8, 4) is 11.3 Å². The minimum atomic E-state index is -0.287. The Morgan fingerprint density at radius 2 is 1.66 bits per heavy atom. The molecule has 41 heavy (non-hydrogen) atoms. The topological polar surface area (TPSA) is 52.6 Å². The van der Waals surface area contributed by atoms with E-state index in [0.717, 1.165) is 75.3 Å². The Kier molecular flexibility index (Phi) is 11.5. The predicted octanol–water partition coefficient (Wildman–Crippen LogP) is 6.76. The van der Waals surface area contributed by atoms with Crippen LogP contribution >= 0.6 is 23.2 Å². The molecule has 2 fully saturated rings. The van der Waals surface area contributed by atoms with Crippen molar-refractivity contribution in [3.63, 3.8) is 0 Å². The van der Waals surface area contributed by atoms with Crippen molar-refractivity contribution in [3.05, 3.63) is 75.3 Å². The standard InChI is InChI=1S/C30H34Cl2FN5O.C2H6/c1-36-9-11-38(12-10-36)29-3-2-22(19-34-29)14-28-30(33)24(20-37-7-4-21(5-8-37)6-13-39)17-27(35-28)23-15-25(31)18-26(32)16-23;1-2/h2-3,13,15-19,21H,4-12,14,20H2,1H3;1-2H3. The van der Waals surface area contributed by atoms with Crippen LogP contribution in [0.4, 0.5) is 10.2 Å². The quantitative estimate of drug-likeness (QED) is 0.267. The Balaban J connectivity index is 0.00000189. The largest absolute Gasteiger partial charge is 0.354 e. The molecule has 2 saturated heterocycles. The highest BCUT2D eigenvalue weighted by Gasteiger charge is 2.22. The number of aldehydes is 1. The molecule has 3 aromatic rings. The molecule has 0 amide bonds. The third kappa shape index (κ3) is 8.48. The van der Waals surface area contributed by atoms with Crippen LogP contribution in [0.5, 0.6) is 0 Å². The van der Waals surface area contributed by atoms with E-state index in [1.807, 2.05) is 38.2 Å². The summed E-state index contributed by atoms with van der Waals surface area (Å²) in [6.07, 6.45) is 5.65. The van der Waals surface area contributed by atoms with Crippen LogP contribution in [0.3, 0.4) is 0 Å². The van der Waals surface area contributed by atoms with Crippen molar-refractivity contribution in [2.24, 2.45) is 5.92 Å². The first kappa shape index (κ1) is 31.4. The van der Waals surface area contributed by atoms with E-state index < -0.39 is 0 Å². The van der Waals surface area contributed by atoms with Gasteiger partial charge in [-0.05, 0) is 74.8 Å². The zero-order chi connectivity index (χ0) is 29.4. The number of rotatable bonds is 8. The Morgan fingerprint density at radius 3 is 2.27 bits per heavy atom. The number of halogens is 3. The molecule has 5 rings (SSSR count). The number of piperazine rings is 1. The second kappa shape index (κ2) is 15.1. The summed E-state index contributed by atoms with van der Waals surface area (Å²) >= 11 is 12.6. The number of piperidine rings is 1. The maximum atomic E-state index is 16.0. The first-order valence-corrected chi connectivity index (χ1v) is 15.3. The molecule has 0 saturated carbocycles. The predicted molar refractivity (Wildman–Crippen MR) is 166 cm³/mol. The van der Waals surface area contributed by atoms with Crippen LogP contribution in [0, 0.1) is 11.7 Å². The Morgan fingerprint density at radius 1 is 0.976 bits per heavy atom. The van der Waals surface area contributed by atoms with Gasteiger partial charge in [0, 0.05) is 72.9 Å². The van der Waals surface area contributed by atoms with Gasteiger partial charge in [-0.2, -0.15) is 0 Å². The number of carbonyl (C=O) groups is 1. The van der Waals surface area contributed by atoms with E-state index in [-0.39, 0.29) is 5.82 Å². The van der Waals surface area contributed by atoms with Gasteiger partial charge in [-0.15, -0.1) is 0 Å². The third-order valence-corrected chi connectivity index (χ3v) is 8.24. The molecule has 0 spiro atoms. The minimum Gasteiger partial charge on any atom is -0.354 e. The van der Waals surface area contributed by atoms with Crippen LogP contribution in [0.15, 0.2) is 42.6 Å². The number of nitrogens with zero attached hydrogens (tertiary/aromatic N) is 5. The van der Waals surface area contributed by atoms with Crippen LogP contribution in [0.1, 0.15) is 49.9 Å². The second-order valence-electron chi connectivity index (χ2n) is 10.7. The highest BCUT2D eigenvalue weighted by molar-refractivity contribution is 6.35. The van der Waals surface area contributed by atoms with Gasteiger partial charge in [0.25, 0.3) is 0 Å². The van der Waals surface area contributed by atoms with E-state index >= 15 is 4.39 Å². The number of pyridine rings is 2. The Hall–Kier alpha value is -2.58. The summed E-state index contributed by atoms with van der Waals surface area (Å²) in [5.41, 5.74) is 3.28. The smallest absolute Gasteiger partial charge is 0.149 e.